The number of hydrogen-bond donors (Lipinski definition) is 1. The molecule has 4 heteroatoms. The summed E-state index contributed by atoms with van der Waals surface area (Å²) in [6.07, 6.45) is 0. The fourth-order valence-corrected chi connectivity index (χ4v) is 2.05. The number of halogens is 1. The monoisotopic (exact) mass is 333 g/mol. The molecule has 1 atom stereocenters. The van der Waals surface area contributed by atoms with Crippen molar-refractivity contribution in [2.75, 3.05) is 0 Å². The summed E-state index contributed by atoms with van der Waals surface area (Å²) in [5.74, 6) is -0.438. The Hall–Kier alpha value is -1.65. The fraction of sp³-hybridized carbons (Fsp3) is 0.188. The highest BCUT2D eigenvalue weighted by atomic mass is 79.9. The molecular weight excluding hydrogens is 318 g/mol. The smallest absolute Gasteiger partial charge is 0.330 e. The zero-order valence-electron chi connectivity index (χ0n) is 11.2. The number of benzene rings is 2. The van der Waals surface area contributed by atoms with Gasteiger partial charge in [0, 0.05) is 4.47 Å². The summed E-state index contributed by atoms with van der Waals surface area (Å²) in [6, 6.07) is 16.8. The van der Waals surface area contributed by atoms with Crippen LogP contribution in [0, 0.1) is 0 Å². The Morgan fingerprint density at radius 3 is 2.35 bits per heavy atom. The highest BCUT2D eigenvalue weighted by Crippen LogP contribution is 2.20. The lowest BCUT2D eigenvalue weighted by atomic mass is 9.93. The number of rotatable bonds is 4. The molecule has 1 unspecified atom stereocenters. The Bertz CT molecular complexity index is 579. The maximum Gasteiger partial charge on any atom is 0.330 e. The second-order valence-corrected chi connectivity index (χ2v) is 5.69. The molecule has 2 aromatic rings. The molecule has 2 rings (SSSR count). The van der Waals surface area contributed by atoms with Gasteiger partial charge in [-0.05, 0) is 30.2 Å². The van der Waals surface area contributed by atoms with E-state index in [1.165, 1.54) is 0 Å². The molecule has 0 aliphatic heterocycles. The first-order chi connectivity index (χ1) is 9.50. The zero-order valence-corrected chi connectivity index (χ0v) is 12.8. The first-order valence-electron chi connectivity index (χ1n) is 6.26. The number of carbonyl (C=O) groups is 1. The van der Waals surface area contributed by atoms with E-state index in [1.54, 1.807) is 6.92 Å². The van der Waals surface area contributed by atoms with Crippen LogP contribution in [0.5, 0.6) is 0 Å². The summed E-state index contributed by atoms with van der Waals surface area (Å²) in [7, 11) is 0. The van der Waals surface area contributed by atoms with Gasteiger partial charge in [0.2, 0.25) is 0 Å². The van der Waals surface area contributed by atoms with Crippen molar-refractivity contribution in [1.82, 2.24) is 0 Å². The topological polar surface area (TPSA) is 52.3 Å². The van der Waals surface area contributed by atoms with Crippen molar-refractivity contribution in [1.29, 1.82) is 0 Å². The van der Waals surface area contributed by atoms with Gasteiger partial charge in [0.1, 0.15) is 12.1 Å². The van der Waals surface area contributed by atoms with Crippen molar-refractivity contribution in [2.45, 2.75) is 19.1 Å². The van der Waals surface area contributed by atoms with Crippen molar-refractivity contribution in [3.05, 3.63) is 70.2 Å². The minimum absolute atomic E-state index is 0.214. The third kappa shape index (κ3) is 3.46. The predicted molar refractivity (Wildman–Crippen MR) is 81.9 cm³/mol. The minimum atomic E-state index is -1.14. The van der Waals surface area contributed by atoms with Crippen LogP contribution in [-0.4, -0.2) is 5.97 Å². The third-order valence-electron chi connectivity index (χ3n) is 3.08. The molecule has 20 heavy (non-hydrogen) atoms. The van der Waals surface area contributed by atoms with Gasteiger partial charge in [-0.25, -0.2) is 4.79 Å². The van der Waals surface area contributed by atoms with E-state index in [-0.39, 0.29) is 6.61 Å². The molecule has 0 saturated carbocycles. The van der Waals surface area contributed by atoms with Crippen LogP contribution in [0.2, 0.25) is 0 Å². The summed E-state index contributed by atoms with van der Waals surface area (Å²) in [5.41, 5.74) is 6.60. The molecule has 0 radical (unpaired) electrons. The Balaban J connectivity index is 2.03. The van der Waals surface area contributed by atoms with E-state index in [2.05, 4.69) is 15.9 Å². The van der Waals surface area contributed by atoms with Gasteiger partial charge in [-0.2, -0.15) is 0 Å². The van der Waals surface area contributed by atoms with Crippen molar-refractivity contribution in [3.63, 3.8) is 0 Å². The van der Waals surface area contributed by atoms with E-state index in [0.29, 0.717) is 0 Å². The van der Waals surface area contributed by atoms with E-state index in [1.807, 2.05) is 54.6 Å². The molecule has 0 aliphatic rings. The Morgan fingerprint density at radius 2 is 1.75 bits per heavy atom. The quantitative estimate of drug-likeness (QED) is 0.873. The van der Waals surface area contributed by atoms with Crippen molar-refractivity contribution in [2.24, 2.45) is 5.73 Å². The van der Waals surface area contributed by atoms with Crippen LogP contribution in [0.4, 0.5) is 0 Å². The molecule has 0 bridgehead atoms. The van der Waals surface area contributed by atoms with Gasteiger partial charge in [-0.15, -0.1) is 0 Å². The number of hydrogen-bond acceptors (Lipinski definition) is 3. The lowest BCUT2D eigenvalue weighted by Gasteiger charge is -2.23. The van der Waals surface area contributed by atoms with Crippen LogP contribution in [0.25, 0.3) is 0 Å². The Labute approximate surface area is 126 Å². The molecule has 0 fully saturated rings. The molecule has 0 aliphatic carbocycles. The number of esters is 1. The number of ether oxygens (including phenoxy) is 1. The van der Waals surface area contributed by atoms with Gasteiger partial charge in [0.25, 0.3) is 0 Å². The molecule has 0 heterocycles. The first kappa shape index (κ1) is 14.8. The normalized spacial score (nSPS) is 13.6. The van der Waals surface area contributed by atoms with Crippen molar-refractivity contribution >= 4 is 21.9 Å². The lowest BCUT2D eigenvalue weighted by Crippen LogP contribution is -2.43. The molecule has 0 spiro atoms. The van der Waals surface area contributed by atoms with E-state index >= 15 is 0 Å². The van der Waals surface area contributed by atoms with Crippen LogP contribution in [0.15, 0.2) is 59.1 Å². The molecule has 0 amide bonds. The maximum absolute atomic E-state index is 12.1. The maximum atomic E-state index is 12.1. The van der Waals surface area contributed by atoms with Gasteiger partial charge in [-0.3, -0.25) is 0 Å². The van der Waals surface area contributed by atoms with Gasteiger partial charge >= 0.3 is 5.97 Å². The molecular formula is C16H16BrNO2. The highest BCUT2D eigenvalue weighted by Gasteiger charge is 2.32. The SMILES string of the molecule is CC(N)(C(=O)OCc1ccc(Br)cc1)c1ccccc1. The van der Waals surface area contributed by atoms with Gasteiger partial charge in [0.15, 0.2) is 0 Å². The van der Waals surface area contributed by atoms with Crippen LogP contribution < -0.4 is 5.73 Å². The second-order valence-electron chi connectivity index (χ2n) is 4.77. The number of nitrogens with two attached hydrogens (primary N) is 1. The lowest BCUT2D eigenvalue weighted by molar-refractivity contribution is -0.151. The van der Waals surface area contributed by atoms with E-state index < -0.39 is 11.5 Å². The minimum Gasteiger partial charge on any atom is -0.459 e. The summed E-state index contributed by atoms with van der Waals surface area (Å²) in [4.78, 5) is 12.1. The van der Waals surface area contributed by atoms with Crippen LogP contribution in [-0.2, 0) is 21.7 Å². The second kappa shape index (κ2) is 6.20. The molecule has 3 nitrogen and oxygen atoms in total. The highest BCUT2D eigenvalue weighted by molar-refractivity contribution is 9.10. The molecule has 2 aromatic carbocycles. The average Bonchev–Trinajstić information content (AvgIpc) is 2.47. The summed E-state index contributed by atoms with van der Waals surface area (Å²) < 4.78 is 6.29. The standard InChI is InChI=1S/C16H16BrNO2/c1-16(18,13-5-3-2-4-6-13)15(19)20-11-12-7-9-14(17)10-8-12/h2-10H,11,18H2,1H3. The molecule has 2 N–H and O–H groups in total. The van der Waals surface area contributed by atoms with Gasteiger partial charge < -0.3 is 10.5 Å². The van der Waals surface area contributed by atoms with Crippen molar-refractivity contribution < 1.29 is 9.53 Å². The summed E-state index contributed by atoms with van der Waals surface area (Å²) >= 11 is 3.36. The first-order valence-corrected chi connectivity index (χ1v) is 7.05. The van der Waals surface area contributed by atoms with Gasteiger partial charge in [-0.1, -0.05) is 58.4 Å². The molecule has 0 saturated heterocycles. The van der Waals surface area contributed by atoms with Crippen LogP contribution in [0.1, 0.15) is 18.1 Å². The van der Waals surface area contributed by atoms with Gasteiger partial charge in [0.05, 0.1) is 0 Å². The molecule has 104 valence electrons. The van der Waals surface area contributed by atoms with Crippen molar-refractivity contribution in [3.8, 4) is 0 Å². The molecule has 0 aromatic heterocycles. The predicted octanol–water partition coefficient (Wildman–Crippen LogP) is 3.37. The Morgan fingerprint density at radius 1 is 1.15 bits per heavy atom. The summed E-state index contributed by atoms with van der Waals surface area (Å²) in [5, 5.41) is 0. The largest absolute Gasteiger partial charge is 0.459 e. The summed E-state index contributed by atoms with van der Waals surface area (Å²) in [6.45, 7) is 1.87. The zero-order chi connectivity index (χ0) is 14.6. The van der Waals surface area contributed by atoms with E-state index in [0.717, 1.165) is 15.6 Å². The third-order valence-corrected chi connectivity index (χ3v) is 3.61. The fourth-order valence-electron chi connectivity index (χ4n) is 1.78. The van der Waals surface area contributed by atoms with Crippen LogP contribution >= 0.6 is 15.9 Å². The Kier molecular flexibility index (Phi) is 4.57. The van der Waals surface area contributed by atoms with Crippen LogP contribution in [0.3, 0.4) is 0 Å². The van der Waals surface area contributed by atoms with E-state index in [9.17, 15) is 4.79 Å². The van der Waals surface area contributed by atoms with E-state index in [4.69, 9.17) is 10.5 Å². The average molecular weight is 334 g/mol. The number of carbonyl (C=O) groups excluding carboxylic acids is 1.